The molecule has 0 aromatic heterocycles. The van der Waals surface area contributed by atoms with E-state index in [1.165, 1.54) is 12.1 Å². The number of amides is 1. The van der Waals surface area contributed by atoms with E-state index in [1.54, 1.807) is 36.4 Å². The lowest BCUT2D eigenvalue weighted by molar-refractivity contribution is -0.116. The molecule has 0 spiro atoms. The molecule has 0 unspecified atom stereocenters. The summed E-state index contributed by atoms with van der Waals surface area (Å²) in [7, 11) is -3.74. The lowest BCUT2D eigenvalue weighted by Crippen LogP contribution is -2.15. The van der Waals surface area contributed by atoms with Crippen molar-refractivity contribution in [2.45, 2.75) is 31.6 Å². The molecule has 3 aromatic rings. The number of carbonyl (C=O) groups excluding carboxylic acids is 1. The van der Waals surface area contributed by atoms with Crippen molar-refractivity contribution >= 4 is 38.9 Å². The van der Waals surface area contributed by atoms with Gasteiger partial charge in [0.05, 0.1) is 17.2 Å². The van der Waals surface area contributed by atoms with Crippen LogP contribution in [0.3, 0.4) is 0 Å². The van der Waals surface area contributed by atoms with Crippen molar-refractivity contribution in [3.63, 3.8) is 0 Å². The van der Waals surface area contributed by atoms with Gasteiger partial charge >= 0.3 is 0 Å². The van der Waals surface area contributed by atoms with Crippen LogP contribution in [-0.2, 0) is 14.8 Å². The molecular weight excluding hydrogens is 448 g/mol. The number of para-hydroxylation sites is 1. The molecule has 0 aliphatic rings. The number of ether oxygens (including phenoxy) is 1. The Hall–Kier alpha value is -3.03. The third-order valence-corrected chi connectivity index (χ3v) is 6.41. The van der Waals surface area contributed by atoms with Crippen LogP contribution in [0.25, 0.3) is 0 Å². The third-order valence-electron chi connectivity index (χ3n) is 4.80. The summed E-state index contributed by atoms with van der Waals surface area (Å²) in [5, 5.41) is 3.40. The average Bonchev–Trinajstić information content (AvgIpc) is 2.76. The number of carbonyl (C=O) groups is 1. The molecule has 168 valence electrons. The first-order valence-electron chi connectivity index (χ1n) is 10.1. The summed E-state index contributed by atoms with van der Waals surface area (Å²) < 4.78 is 33.7. The number of hydrogen-bond acceptors (Lipinski definition) is 4. The minimum Gasteiger partial charge on any atom is -0.494 e. The zero-order chi connectivity index (χ0) is 23.1. The zero-order valence-corrected chi connectivity index (χ0v) is 19.5. The molecular formula is C24H25ClN2O4S. The minimum absolute atomic E-state index is 0.120. The van der Waals surface area contributed by atoms with E-state index in [2.05, 4.69) is 10.0 Å². The van der Waals surface area contributed by atoms with E-state index >= 15 is 0 Å². The summed E-state index contributed by atoms with van der Waals surface area (Å²) in [6, 6.07) is 18.7. The number of rotatable bonds is 9. The van der Waals surface area contributed by atoms with Gasteiger partial charge in [-0.25, -0.2) is 8.42 Å². The lowest BCUT2D eigenvalue weighted by Gasteiger charge is -2.13. The molecule has 0 aliphatic carbocycles. The second-order valence-electron chi connectivity index (χ2n) is 7.35. The molecule has 0 aliphatic heterocycles. The normalized spacial score (nSPS) is 11.1. The summed E-state index contributed by atoms with van der Waals surface area (Å²) in [4.78, 5) is 12.3. The van der Waals surface area contributed by atoms with Crippen LogP contribution in [0.4, 0.5) is 11.4 Å². The highest BCUT2D eigenvalue weighted by molar-refractivity contribution is 7.92. The number of halogens is 1. The van der Waals surface area contributed by atoms with Gasteiger partial charge in [0, 0.05) is 17.1 Å². The quantitative estimate of drug-likeness (QED) is 0.399. The predicted molar refractivity (Wildman–Crippen MR) is 128 cm³/mol. The van der Waals surface area contributed by atoms with E-state index in [0.29, 0.717) is 35.2 Å². The second-order valence-corrected chi connectivity index (χ2v) is 9.47. The summed E-state index contributed by atoms with van der Waals surface area (Å²) in [5.41, 5.74) is 2.79. The molecule has 0 saturated heterocycles. The van der Waals surface area contributed by atoms with Crippen molar-refractivity contribution in [2.75, 3.05) is 16.6 Å². The first kappa shape index (κ1) is 23.6. The maximum absolute atomic E-state index is 12.7. The summed E-state index contributed by atoms with van der Waals surface area (Å²) in [6.07, 6.45) is 0.822. The summed E-state index contributed by atoms with van der Waals surface area (Å²) >= 11 is 5.83. The topological polar surface area (TPSA) is 84.5 Å². The van der Waals surface area contributed by atoms with Crippen LogP contribution in [0.1, 0.15) is 24.0 Å². The van der Waals surface area contributed by atoms with Gasteiger partial charge in [0.1, 0.15) is 5.75 Å². The Balaban J connectivity index is 1.51. The largest absolute Gasteiger partial charge is 0.494 e. The molecule has 32 heavy (non-hydrogen) atoms. The van der Waals surface area contributed by atoms with Gasteiger partial charge in [-0.3, -0.25) is 9.52 Å². The van der Waals surface area contributed by atoms with Gasteiger partial charge in [-0.15, -0.1) is 0 Å². The van der Waals surface area contributed by atoms with Gasteiger partial charge in [-0.05, 0) is 79.9 Å². The van der Waals surface area contributed by atoms with Gasteiger partial charge in [-0.2, -0.15) is 0 Å². The van der Waals surface area contributed by atoms with Crippen molar-refractivity contribution in [1.82, 2.24) is 0 Å². The Bertz CT molecular complexity index is 1160. The molecule has 2 N–H and O–H groups in total. The molecule has 3 aromatic carbocycles. The standard InChI is InChI=1S/C24H25ClN2O4S/c1-17-5-3-6-18(2)24(17)27-32(29,30)22-14-10-20(11-15-22)26-23(28)7-4-16-31-21-12-8-19(25)9-13-21/h3,5-6,8-15,27H,4,7,16H2,1-2H3,(H,26,28). The van der Waals surface area contributed by atoms with Gasteiger partial charge in [0.15, 0.2) is 0 Å². The van der Waals surface area contributed by atoms with E-state index in [4.69, 9.17) is 16.3 Å². The molecule has 6 nitrogen and oxygen atoms in total. The third kappa shape index (κ3) is 6.48. The fourth-order valence-electron chi connectivity index (χ4n) is 3.06. The van der Waals surface area contributed by atoms with Crippen molar-refractivity contribution in [1.29, 1.82) is 0 Å². The van der Waals surface area contributed by atoms with Crippen LogP contribution < -0.4 is 14.8 Å². The molecule has 0 saturated carbocycles. The minimum atomic E-state index is -3.74. The number of nitrogens with one attached hydrogen (secondary N) is 2. The van der Waals surface area contributed by atoms with Crippen LogP contribution in [-0.4, -0.2) is 20.9 Å². The molecule has 1 amide bonds. The highest BCUT2D eigenvalue weighted by Crippen LogP contribution is 2.24. The van der Waals surface area contributed by atoms with E-state index in [-0.39, 0.29) is 17.2 Å². The summed E-state index contributed by atoms with van der Waals surface area (Å²) in [6.45, 7) is 4.10. The number of hydrogen-bond donors (Lipinski definition) is 2. The van der Waals surface area contributed by atoms with Crippen LogP contribution in [0.2, 0.25) is 5.02 Å². The highest BCUT2D eigenvalue weighted by atomic mass is 35.5. The number of benzene rings is 3. The van der Waals surface area contributed by atoms with Crippen molar-refractivity contribution in [3.8, 4) is 5.75 Å². The van der Waals surface area contributed by atoms with Crippen LogP contribution >= 0.6 is 11.6 Å². The maximum atomic E-state index is 12.7. The molecule has 0 atom stereocenters. The van der Waals surface area contributed by atoms with Crippen molar-refractivity contribution in [2.24, 2.45) is 0 Å². The molecule has 0 radical (unpaired) electrons. The Morgan fingerprint density at radius 2 is 1.56 bits per heavy atom. The maximum Gasteiger partial charge on any atom is 0.261 e. The Morgan fingerprint density at radius 3 is 2.19 bits per heavy atom. The van der Waals surface area contributed by atoms with Crippen LogP contribution in [0.15, 0.2) is 71.6 Å². The van der Waals surface area contributed by atoms with Crippen LogP contribution in [0, 0.1) is 13.8 Å². The van der Waals surface area contributed by atoms with E-state index in [0.717, 1.165) is 11.1 Å². The van der Waals surface area contributed by atoms with E-state index in [9.17, 15) is 13.2 Å². The number of aryl methyl sites for hydroxylation is 2. The highest BCUT2D eigenvalue weighted by Gasteiger charge is 2.16. The molecule has 0 heterocycles. The Kier molecular flexibility index (Phi) is 7.77. The van der Waals surface area contributed by atoms with Gasteiger partial charge < -0.3 is 10.1 Å². The predicted octanol–water partition coefficient (Wildman–Crippen LogP) is 5.56. The second kappa shape index (κ2) is 10.5. The fraction of sp³-hybridized carbons (Fsp3) is 0.208. The number of anilines is 2. The van der Waals surface area contributed by atoms with Gasteiger partial charge in [0.25, 0.3) is 10.0 Å². The average molecular weight is 473 g/mol. The first-order valence-corrected chi connectivity index (χ1v) is 12.0. The molecule has 0 fully saturated rings. The smallest absolute Gasteiger partial charge is 0.261 e. The zero-order valence-electron chi connectivity index (χ0n) is 17.9. The van der Waals surface area contributed by atoms with Gasteiger partial charge in [-0.1, -0.05) is 29.8 Å². The van der Waals surface area contributed by atoms with Crippen LogP contribution in [0.5, 0.6) is 5.75 Å². The summed E-state index contributed by atoms with van der Waals surface area (Å²) in [5.74, 6) is 0.523. The van der Waals surface area contributed by atoms with E-state index < -0.39 is 10.0 Å². The van der Waals surface area contributed by atoms with E-state index in [1.807, 2.05) is 32.0 Å². The lowest BCUT2D eigenvalue weighted by atomic mass is 10.1. The van der Waals surface area contributed by atoms with Crippen molar-refractivity contribution in [3.05, 3.63) is 82.9 Å². The first-order chi connectivity index (χ1) is 15.2. The SMILES string of the molecule is Cc1cccc(C)c1NS(=O)(=O)c1ccc(NC(=O)CCCOc2ccc(Cl)cc2)cc1. The molecule has 3 rings (SSSR count). The monoisotopic (exact) mass is 472 g/mol. The Morgan fingerprint density at radius 1 is 0.938 bits per heavy atom. The fourth-order valence-corrected chi connectivity index (χ4v) is 4.39. The molecule has 8 heteroatoms. The number of sulfonamides is 1. The van der Waals surface area contributed by atoms with Crippen molar-refractivity contribution < 1.29 is 17.9 Å². The Labute approximate surface area is 193 Å². The molecule has 0 bridgehead atoms. The van der Waals surface area contributed by atoms with Gasteiger partial charge in [0.2, 0.25) is 5.91 Å².